The number of nitrogens with one attached hydrogen (secondary N) is 1. The Labute approximate surface area is 176 Å². The number of hydrogen-bond donors (Lipinski definition) is 2. The SMILES string of the molecule is COc1ccc(N)c(NC(=O)C2CCCN(C(=O)c3ccncc3)C2)c1.Cl.Cl. The summed E-state index contributed by atoms with van der Waals surface area (Å²) in [6.07, 6.45) is 4.69. The van der Waals surface area contributed by atoms with Gasteiger partial charge in [-0.2, -0.15) is 0 Å². The lowest BCUT2D eigenvalue weighted by molar-refractivity contribution is -0.121. The van der Waals surface area contributed by atoms with Crippen LogP contribution in [0.25, 0.3) is 0 Å². The van der Waals surface area contributed by atoms with Gasteiger partial charge in [-0.05, 0) is 37.1 Å². The van der Waals surface area contributed by atoms with Crippen molar-refractivity contribution in [3.8, 4) is 5.75 Å². The number of rotatable bonds is 4. The number of nitrogen functional groups attached to an aromatic ring is 1. The largest absolute Gasteiger partial charge is 0.497 e. The maximum absolute atomic E-state index is 12.7. The zero-order chi connectivity index (χ0) is 18.5. The van der Waals surface area contributed by atoms with Gasteiger partial charge < -0.3 is 20.7 Å². The molecule has 1 aliphatic rings. The van der Waals surface area contributed by atoms with Crippen LogP contribution in [0.1, 0.15) is 23.2 Å². The van der Waals surface area contributed by atoms with E-state index in [1.54, 1.807) is 54.7 Å². The van der Waals surface area contributed by atoms with E-state index in [2.05, 4.69) is 10.3 Å². The van der Waals surface area contributed by atoms with E-state index in [-0.39, 0.29) is 42.5 Å². The third-order valence-corrected chi connectivity index (χ3v) is 4.52. The van der Waals surface area contributed by atoms with Crippen LogP contribution in [0, 0.1) is 5.92 Å². The first-order chi connectivity index (χ1) is 12.6. The number of nitrogens with zero attached hydrogens (tertiary/aromatic N) is 2. The van der Waals surface area contributed by atoms with Crippen LogP contribution in [0.2, 0.25) is 0 Å². The summed E-state index contributed by atoms with van der Waals surface area (Å²) < 4.78 is 5.17. The van der Waals surface area contributed by atoms with E-state index in [0.29, 0.717) is 35.8 Å². The predicted molar refractivity (Wildman–Crippen MR) is 113 cm³/mol. The van der Waals surface area contributed by atoms with Gasteiger partial charge in [-0.1, -0.05) is 0 Å². The van der Waals surface area contributed by atoms with E-state index in [1.165, 1.54) is 0 Å². The number of ether oxygens (including phenoxy) is 1. The monoisotopic (exact) mass is 426 g/mol. The molecule has 1 aliphatic heterocycles. The van der Waals surface area contributed by atoms with E-state index in [9.17, 15) is 9.59 Å². The molecule has 9 heteroatoms. The molecule has 3 rings (SSSR count). The van der Waals surface area contributed by atoms with Gasteiger partial charge in [0.15, 0.2) is 0 Å². The predicted octanol–water partition coefficient (Wildman–Crippen LogP) is 3.01. The summed E-state index contributed by atoms with van der Waals surface area (Å²) in [6.45, 7) is 1.03. The highest BCUT2D eigenvalue weighted by molar-refractivity contribution is 5.97. The fraction of sp³-hybridized carbons (Fsp3) is 0.316. The first-order valence-electron chi connectivity index (χ1n) is 8.52. The van der Waals surface area contributed by atoms with Crippen molar-refractivity contribution < 1.29 is 14.3 Å². The summed E-state index contributed by atoms with van der Waals surface area (Å²) in [5.41, 5.74) is 7.51. The van der Waals surface area contributed by atoms with Crippen LogP contribution in [-0.4, -0.2) is 41.9 Å². The van der Waals surface area contributed by atoms with Crippen LogP contribution in [0.15, 0.2) is 42.7 Å². The first-order valence-corrected chi connectivity index (χ1v) is 8.52. The molecule has 2 heterocycles. The highest BCUT2D eigenvalue weighted by Crippen LogP contribution is 2.26. The molecule has 28 heavy (non-hydrogen) atoms. The first kappa shape index (κ1) is 23.5. The molecule has 3 N–H and O–H groups in total. The van der Waals surface area contributed by atoms with E-state index in [0.717, 1.165) is 12.8 Å². The molecule has 1 aromatic carbocycles. The molecule has 0 radical (unpaired) electrons. The highest BCUT2D eigenvalue weighted by atomic mass is 35.5. The van der Waals surface area contributed by atoms with Gasteiger partial charge in [0, 0.05) is 37.1 Å². The average Bonchev–Trinajstić information content (AvgIpc) is 2.69. The number of carbonyl (C=O) groups is 2. The van der Waals surface area contributed by atoms with Crippen molar-refractivity contribution in [2.45, 2.75) is 12.8 Å². The lowest BCUT2D eigenvalue weighted by Crippen LogP contribution is -2.43. The Hall–Kier alpha value is -2.51. The van der Waals surface area contributed by atoms with Crippen LogP contribution < -0.4 is 15.8 Å². The number of benzene rings is 1. The molecule has 1 aromatic heterocycles. The van der Waals surface area contributed by atoms with E-state index in [4.69, 9.17) is 10.5 Å². The zero-order valence-corrected chi connectivity index (χ0v) is 17.1. The number of hydrogen-bond acceptors (Lipinski definition) is 5. The minimum Gasteiger partial charge on any atom is -0.497 e. The van der Waals surface area contributed by atoms with Gasteiger partial charge in [-0.3, -0.25) is 14.6 Å². The highest BCUT2D eigenvalue weighted by Gasteiger charge is 2.29. The van der Waals surface area contributed by atoms with Gasteiger partial charge in [-0.25, -0.2) is 0 Å². The van der Waals surface area contributed by atoms with Crippen molar-refractivity contribution in [2.24, 2.45) is 5.92 Å². The van der Waals surface area contributed by atoms with Crippen molar-refractivity contribution >= 4 is 48.0 Å². The number of aromatic nitrogens is 1. The second-order valence-electron chi connectivity index (χ2n) is 6.27. The minimum atomic E-state index is -0.278. The number of pyridine rings is 1. The topological polar surface area (TPSA) is 97.5 Å². The van der Waals surface area contributed by atoms with Crippen LogP contribution in [0.5, 0.6) is 5.75 Å². The summed E-state index contributed by atoms with van der Waals surface area (Å²) in [7, 11) is 1.56. The summed E-state index contributed by atoms with van der Waals surface area (Å²) >= 11 is 0. The molecule has 2 amide bonds. The van der Waals surface area contributed by atoms with Crippen LogP contribution in [0.4, 0.5) is 11.4 Å². The van der Waals surface area contributed by atoms with Crippen molar-refractivity contribution in [1.29, 1.82) is 0 Å². The number of methoxy groups -OCH3 is 1. The number of halogens is 2. The van der Waals surface area contributed by atoms with Crippen LogP contribution in [0.3, 0.4) is 0 Å². The average molecular weight is 427 g/mol. The van der Waals surface area contributed by atoms with Crippen LogP contribution in [-0.2, 0) is 4.79 Å². The molecule has 1 fully saturated rings. The molecule has 0 saturated carbocycles. The molecular formula is C19H24Cl2N4O3. The molecule has 7 nitrogen and oxygen atoms in total. The maximum atomic E-state index is 12.7. The quantitative estimate of drug-likeness (QED) is 0.732. The molecular weight excluding hydrogens is 403 g/mol. The third-order valence-electron chi connectivity index (χ3n) is 4.52. The Balaban J connectivity index is 0.00000196. The number of likely N-dealkylation sites (tertiary alicyclic amines) is 1. The Morgan fingerprint density at radius 3 is 2.61 bits per heavy atom. The second-order valence-corrected chi connectivity index (χ2v) is 6.27. The summed E-state index contributed by atoms with van der Waals surface area (Å²) in [6, 6.07) is 8.48. The van der Waals surface area contributed by atoms with Crippen molar-refractivity contribution in [3.63, 3.8) is 0 Å². The molecule has 0 spiro atoms. The van der Waals surface area contributed by atoms with E-state index in [1.807, 2.05) is 0 Å². The van der Waals surface area contributed by atoms with Crippen LogP contribution >= 0.6 is 24.8 Å². The van der Waals surface area contributed by atoms with Gasteiger partial charge in [-0.15, -0.1) is 24.8 Å². The maximum Gasteiger partial charge on any atom is 0.253 e. The van der Waals surface area contributed by atoms with Crippen molar-refractivity contribution in [2.75, 3.05) is 31.2 Å². The Bertz CT molecular complexity index is 805. The number of amides is 2. The Morgan fingerprint density at radius 1 is 1.21 bits per heavy atom. The van der Waals surface area contributed by atoms with Crippen molar-refractivity contribution in [1.82, 2.24) is 9.88 Å². The van der Waals surface area contributed by atoms with Gasteiger partial charge in [0.05, 0.1) is 24.4 Å². The summed E-state index contributed by atoms with van der Waals surface area (Å²) in [5, 5.41) is 2.86. The van der Waals surface area contributed by atoms with E-state index >= 15 is 0 Å². The molecule has 0 aliphatic carbocycles. The minimum absolute atomic E-state index is 0. The molecule has 0 bridgehead atoms. The van der Waals surface area contributed by atoms with Gasteiger partial charge in [0.25, 0.3) is 5.91 Å². The smallest absolute Gasteiger partial charge is 0.253 e. The van der Waals surface area contributed by atoms with Crippen molar-refractivity contribution in [3.05, 3.63) is 48.3 Å². The number of carbonyl (C=O) groups excluding carboxylic acids is 2. The molecule has 152 valence electrons. The Kier molecular flexibility index (Phi) is 9.02. The van der Waals surface area contributed by atoms with E-state index < -0.39 is 0 Å². The number of piperidine rings is 1. The summed E-state index contributed by atoms with van der Waals surface area (Å²) in [5.74, 6) is 0.121. The zero-order valence-electron chi connectivity index (χ0n) is 15.5. The fourth-order valence-electron chi connectivity index (χ4n) is 3.06. The van der Waals surface area contributed by atoms with Gasteiger partial charge in [0.1, 0.15) is 5.75 Å². The lowest BCUT2D eigenvalue weighted by Gasteiger charge is -2.32. The molecule has 1 saturated heterocycles. The summed E-state index contributed by atoms with van der Waals surface area (Å²) in [4.78, 5) is 30.9. The third kappa shape index (κ3) is 5.50. The normalized spacial score (nSPS) is 15.6. The molecule has 1 atom stereocenters. The number of anilines is 2. The standard InChI is InChI=1S/C19H22N4O3.2ClH/c1-26-15-4-5-16(20)17(11-15)22-18(24)14-3-2-10-23(12-14)19(25)13-6-8-21-9-7-13;;/h4-9,11,14H,2-3,10,12,20H2,1H3,(H,22,24);2*1H. The second kappa shape index (κ2) is 10.7. The molecule has 2 aromatic rings. The van der Waals surface area contributed by atoms with Gasteiger partial charge >= 0.3 is 0 Å². The fourth-order valence-corrected chi connectivity index (χ4v) is 3.06. The Morgan fingerprint density at radius 2 is 1.93 bits per heavy atom. The number of nitrogens with two attached hydrogens (primary N) is 1. The van der Waals surface area contributed by atoms with Gasteiger partial charge in [0.2, 0.25) is 5.91 Å². The molecule has 1 unspecified atom stereocenters. The lowest BCUT2D eigenvalue weighted by atomic mass is 9.96.